The largest absolute Gasteiger partial charge is 0.317 e. The van der Waals surface area contributed by atoms with Gasteiger partial charge in [-0.2, -0.15) is 4.40 Å². The van der Waals surface area contributed by atoms with Crippen LogP contribution in [-0.2, 0) is 11.0 Å². The lowest BCUT2D eigenvalue weighted by atomic mass is 10.2. The lowest BCUT2D eigenvalue weighted by molar-refractivity contribution is 0.651. The molecule has 0 aliphatic heterocycles. The van der Waals surface area contributed by atoms with E-state index in [1.807, 2.05) is 45.0 Å². The van der Waals surface area contributed by atoms with Gasteiger partial charge in [-0.05, 0) is 56.7 Å². The average Bonchev–Trinajstić information content (AvgIpc) is 2.95. The summed E-state index contributed by atoms with van der Waals surface area (Å²) >= 11 is 0. The Morgan fingerprint density at radius 2 is 1.78 bits per heavy atom. The van der Waals surface area contributed by atoms with Gasteiger partial charge in [0.25, 0.3) is 0 Å². The van der Waals surface area contributed by atoms with Gasteiger partial charge in [-0.25, -0.2) is 4.21 Å². The van der Waals surface area contributed by atoms with Gasteiger partial charge in [0.1, 0.15) is 11.0 Å². The third-order valence-corrected chi connectivity index (χ3v) is 4.91. The topological polar surface area (TPSA) is 34.4 Å². The molecule has 1 aromatic heterocycles. The molecule has 0 spiro atoms. The fourth-order valence-corrected chi connectivity index (χ4v) is 2.86. The van der Waals surface area contributed by atoms with E-state index in [4.69, 9.17) is 0 Å². The third kappa shape index (κ3) is 3.42. The van der Waals surface area contributed by atoms with Crippen LogP contribution in [0.5, 0.6) is 0 Å². The quantitative estimate of drug-likeness (QED) is 0.653. The molecule has 0 N–H and O–H groups in total. The van der Waals surface area contributed by atoms with E-state index in [1.165, 1.54) is 0 Å². The second-order valence-electron chi connectivity index (χ2n) is 6.44. The van der Waals surface area contributed by atoms with Gasteiger partial charge in [-0.1, -0.05) is 24.3 Å². The summed E-state index contributed by atoms with van der Waals surface area (Å²) in [6, 6.07) is 18.5. The summed E-state index contributed by atoms with van der Waals surface area (Å²) < 4.78 is 18.0. The zero-order chi connectivity index (χ0) is 16.4. The Morgan fingerprint density at radius 3 is 2.48 bits per heavy atom. The molecular formula is C19H20N2OS. The van der Waals surface area contributed by atoms with E-state index in [0.717, 1.165) is 22.2 Å². The molecule has 3 rings (SSSR count). The number of fused-ring (bicyclic) bond motifs is 1. The molecule has 23 heavy (non-hydrogen) atoms. The fourth-order valence-electron chi connectivity index (χ4n) is 2.32. The highest BCUT2D eigenvalue weighted by Gasteiger charge is 2.18. The summed E-state index contributed by atoms with van der Waals surface area (Å²) in [4.78, 5) is 0. The SMILES string of the molecule is CC(C)(C)[S@@](=O)/N=C/c1ccc2c(ccn2-c2ccccc2)c1. The zero-order valence-electron chi connectivity index (χ0n) is 13.6. The first kappa shape index (κ1) is 15.7. The summed E-state index contributed by atoms with van der Waals surface area (Å²) in [5.74, 6) is 0. The Hall–Kier alpha value is -2.20. The van der Waals surface area contributed by atoms with Crippen molar-refractivity contribution in [2.24, 2.45) is 4.40 Å². The van der Waals surface area contributed by atoms with E-state index < -0.39 is 11.0 Å². The molecule has 0 amide bonds. The first-order valence-electron chi connectivity index (χ1n) is 7.58. The van der Waals surface area contributed by atoms with Crippen LogP contribution in [0.4, 0.5) is 0 Å². The standard InChI is InChI=1S/C19H20N2OS/c1-19(2,3)23(22)20-14-15-9-10-18-16(13-15)11-12-21(18)17-7-5-4-6-8-17/h4-14H,1-3H3/b20-14+/t23-/m1/s1. The molecule has 0 aliphatic carbocycles. The third-order valence-electron chi connectivity index (χ3n) is 3.57. The maximum Gasteiger partial charge on any atom is 0.144 e. The Labute approximate surface area is 139 Å². The van der Waals surface area contributed by atoms with Gasteiger partial charge in [0, 0.05) is 23.5 Å². The average molecular weight is 324 g/mol. The van der Waals surface area contributed by atoms with Crippen molar-refractivity contribution >= 4 is 28.1 Å². The summed E-state index contributed by atoms with van der Waals surface area (Å²) in [7, 11) is -1.23. The lowest BCUT2D eigenvalue weighted by Gasteiger charge is -2.12. The Morgan fingerprint density at radius 1 is 1.04 bits per heavy atom. The summed E-state index contributed by atoms with van der Waals surface area (Å²) in [6.45, 7) is 5.76. The van der Waals surface area contributed by atoms with Crippen LogP contribution in [0, 0.1) is 0 Å². The maximum atomic E-state index is 12.0. The molecule has 0 aliphatic rings. The number of para-hydroxylation sites is 1. The molecule has 0 radical (unpaired) electrons. The molecule has 0 saturated carbocycles. The van der Waals surface area contributed by atoms with Gasteiger partial charge >= 0.3 is 0 Å². The second kappa shape index (κ2) is 6.13. The molecule has 1 heterocycles. The highest BCUT2D eigenvalue weighted by Crippen LogP contribution is 2.21. The molecule has 0 fully saturated rings. The molecule has 3 aromatic rings. The van der Waals surface area contributed by atoms with Gasteiger partial charge in [0.05, 0.1) is 10.3 Å². The molecule has 3 nitrogen and oxygen atoms in total. The van der Waals surface area contributed by atoms with Crippen molar-refractivity contribution in [3.05, 3.63) is 66.4 Å². The van der Waals surface area contributed by atoms with Gasteiger partial charge in [-0.3, -0.25) is 0 Å². The van der Waals surface area contributed by atoms with E-state index in [-0.39, 0.29) is 4.75 Å². The monoisotopic (exact) mass is 324 g/mol. The van der Waals surface area contributed by atoms with E-state index in [0.29, 0.717) is 0 Å². The van der Waals surface area contributed by atoms with Crippen LogP contribution in [0.2, 0.25) is 0 Å². The van der Waals surface area contributed by atoms with Gasteiger partial charge in [0.15, 0.2) is 0 Å². The van der Waals surface area contributed by atoms with Crippen LogP contribution in [0.3, 0.4) is 0 Å². The van der Waals surface area contributed by atoms with Gasteiger partial charge in [0.2, 0.25) is 0 Å². The molecule has 118 valence electrons. The molecular weight excluding hydrogens is 304 g/mol. The van der Waals surface area contributed by atoms with Crippen molar-refractivity contribution in [2.45, 2.75) is 25.5 Å². The summed E-state index contributed by atoms with van der Waals surface area (Å²) in [5.41, 5.74) is 3.24. The van der Waals surface area contributed by atoms with Crippen LogP contribution < -0.4 is 0 Å². The normalized spacial score (nSPS) is 13.7. The molecule has 0 unspecified atom stereocenters. The number of nitrogens with zero attached hydrogens (tertiary/aromatic N) is 2. The minimum atomic E-state index is -1.23. The molecule has 0 saturated heterocycles. The predicted octanol–water partition coefficient (Wildman–Crippen LogP) is 4.51. The van der Waals surface area contributed by atoms with Crippen LogP contribution >= 0.6 is 0 Å². The van der Waals surface area contributed by atoms with Crippen LogP contribution in [0.15, 0.2) is 65.2 Å². The van der Waals surface area contributed by atoms with Crippen molar-refractivity contribution in [3.63, 3.8) is 0 Å². The van der Waals surface area contributed by atoms with Crippen molar-refractivity contribution in [2.75, 3.05) is 0 Å². The lowest BCUT2D eigenvalue weighted by Crippen LogP contribution is -2.19. The number of hydrogen-bond acceptors (Lipinski definition) is 1. The van der Waals surface area contributed by atoms with Crippen molar-refractivity contribution < 1.29 is 4.21 Å². The highest BCUT2D eigenvalue weighted by molar-refractivity contribution is 7.85. The smallest absolute Gasteiger partial charge is 0.144 e. The van der Waals surface area contributed by atoms with E-state index in [9.17, 15) is 4.21 Å². The zero-order valence-corrected chi connectivity index (χ0v) is 14.4. The fraction of sp³-hybridized carbons (Fsp3) is 0.211. The number of rotatable bonds is 3. The Balaban J connectivity index is 1.93. The van der Waals surface area contributed by atoms with E-state index >= 15 is 0 Å². The molecule has 2 aromatic carbocycles. The highest BCUT2D eigenvalue weighted by atomic mass is 32.2. The molecule has 4 heteroatoms. The number of aromatic nitrogens is 1. The maximum absolute atomic E-state index is 12.0. The van der Waals surface area contributed by atoms with Gasteiger partial charge < -0.3 is 4.57 Å². The Bertz CT molecular complexity index is 873. The van der Waals surface area contributed by atoms with Crippen molar-refractivity contribution in [3.8, 4) is 5.69 Å². The van der Waals surface area contributed by atoms with Crippen LogP contribution in [0.1, 0.15) is 26.3 Å². The number of benzene rings is 2. The minimum absolute atomic E-state index is 0.336. The first-order valence-corrected chi connectivity index (χ1v) is 8.68. The van der Waals surface area contributed by atoms with E-state index in [2.05, 4.69) is 45.5 Å². The summed E-state index contributed by atoms with van der Waals surface area (Å²) in [5, 5.41) is 1.14. The van der Waals surface area contributed by atoms with Crippen molar-refractivity contribution in [1.82, 2.24) is 4.57 Å². The predicted molar refractivity (Wildman–Crippen MR) is 98.8 cm³/mol. The first-order chi connectivity index (χ1) is 10.9. The molecule has 1 atom stereocenters. The van der Waals surface area contributed by atoms with Crippen LogP contribution in [-0.4, -0.2) is 19.7 Å². The van der Waals surface area contributed by atoms with E-state index in [1.54, 1.807) is 6.21 Å². The van der Waals surface area contributed by atoms with Crippen LogP contribution in [0.25, 0.3) is 16.6 Å². The number of hydrogen-bond donors (Lipinski definition) is 0. The van der Waals surface area contributed by atoms with Gasteiger partial charge in [-0.15, -0.1) is 0 Å². The summed E-state index contributed by atoms with van der Waals surface area (Å²) in [6.07, 6.45) is 3.76. The minimum Gasteiger partial charge on any atom is -0.317 e. The second-order valence-corrected chi connectivity index (χ2v) is 8.37. The van der Waals surface area contributed by atoms with Crippen molar-refractivity contribution in [1.29, 1.82) is 0 Å². The molecule has 0 bridgehead atoms. The Kier molecular flexibility index (Phi) is 4.18.